The van der Waals surface area contributed by atoms with Crippen LogP contribution in [0.5, 0.6) is 0 Å². The summed E-state index contributed by atoms with van der Waals surface area (Å²) in [7, 11) is 0. The van der Waals surface area contributed by atoms with E-state index in [2.05, 4.69) is 25.7 Å². The molecule has 0 spiro atoms. The Morgan fingerprint density at radius 3 is 2.78 bits per heavy atom. The minimum atomic E-state index is -0.420. The third-order valence-corrected chi connectivity index (χ3v) is 4.49. The molecule has 2 N–H and O–H groups in total. The molecule has 0 aliphatic carbocycles. The van der Waals surface area contributed by atoms with E-state index in [-0.39, 0.29) is 5.92 Å². The number of urea groups is 1. The predicted octanol–water partition coefficient (Wildman–Crippen LogP) is 4.45. The second-order valence-corrected chi connectivity index (χ2v) is 7.07. The minimum Gasteiger partial charge on any atom is -0.306 e. The SMILES string of the molecule is CC(C)c1c(NC(=O)Nc2cc(Cl)c3nccn3c2)cnn2cc(Cl)nc12. The average molecular weight is 404 g/mol. The van der Waals surface area contributed by atoms with Crippen molar-refractivity contribution in [3.63, 3.8) is 0 Å². The highest BCUT2D eigenvalue weighted by molar-refractivity contribution is 6.33. The Balaban J connectivity index is 1.63. The standard InChI is InChI=1S/C17H15Cl2N7O/c1-9(2)14-12(6-21-26-8-13(19)24-16(14)26)23-17(27)22-10-5-11(18)15-20-3-4-25(15)7-10/h3-9H,1-2H3,(H2,22,23,27). The second-order valence-electron chi connectivity index (χ2n) is 6.27. The Kier molecular flexibility index (Phi) is 4.37. The van der Waals surface area contributed by atoms with Crippen molar-refractivity contribution in [3.05, 3.63) is 52.8 Å². The number of fused-ring (bicyclic) bond motifs is 2. The first-order valence-electron chi connectivity index (χ1n) is 8.16. The molecular weight excluding hydrogens is 389 g/mol. The summed E-state index contributed by atoms with van der Waals surface area (Å²) in [5.74, 6) is 0.0982. The highest BCUT2D eigenvalue weighted by Gasteiger charge is 2.17. The van der Waals surface area contributed by atoms with Crippen LogP contribution in [0.3, 0.4) is 0 Å². The van der Waals surface area contributed by atoms with Gasteiger partial charge in [0.25, 0.3) is 0 Å². The van der Waals surface area contributed by atoms with Crippen LogP contribution < -0.4 is 10.6 Å². The van der Waals surface area contributed by atoms with Crippen molar-refractivity contribution in [1.82, 2.24) is 24.0 Å². The minimum absolute atomic E-state index is 0.0982. The maximum Gasteiger partial charge on any atom is 0.323 e. The maximum atomic E-state index is 12.5. The summed E-state index contributed by atoms with van der Waals surface area (Å²) < 4.78 is 3.32. The fourth-order valence-corrected chi connectivity index (χ4v) is 3.37. The number of hydrogen-bond acceptors (Lipinski definition) is 4. The van der Waals surface area contributed by atoms with Crippen molar-refractivity contribution >= 4 is 51.9 Å². The fourth-order valence-electron chi connectivity index (χ4n) is 2.94. The molecule has 10 heteroatoms. The topological polar surface area (TPSA) is 88.6 Å². The molecule has 27 heavy (non-hydrogen) atoms. The number of imidazole rings is 2. The number of pyridine rings is 1. The van der Waals surface area contributed by atoms with Crippen LogP contribution in [-0.2, 0) is 0 Å². The second kappa shape index (κ2) is 6.71. The number of aromatic nitrogens is 5. The molecule has 0 aliphatic rings. The Bertz CT molecular complexity index is 1160. The van der Waals surface area contributed by atoms with E-state index >= 15 is 0 Å². The molecular formula is C17H15Cl2N7O. The van der Waals surface area contributed by atoms with Crippen molar-refractivity contribution in [1.29, 1.82) is 0 Å². The van der Waals surface area contributed by atoms with Crippen LogP contribution in [0.2, 0.25) is 10.2 Å². The van der Waals surface area contributed by atoms with Crippen LogP contribution >= 0.6 is 23.2 Å². The molecule has 0 aromatic carbocycles. The summed E-state index contributed by atoms with van der Waals surface area (Å²) in [5.41, 5.74) is 3.17. The Morgan fingerprint density at radius 2 is 2.00 bits per heavy atom. The van der Waals surface area contributed by atoms with Gasteiger partial charge in [-0.1, -0.05) is 37.0 Å². The zero-order valence-electron chi connectivity index (χ0n) is 14.4. The van der Waals surface area contributed by atoms with Crippen LogP contribution in [0.4, 0.5) is 16.2 Å². The van der Waals surface area contributed by atoms with Gasteiger partial charge in [-0.05, 0) is 12.0 Å². The quantitative estimate of drug-likeness (QED) is 0.528. The van der Waals surface area contributed by atoms with Crippen molar-refractivity contribution in [2.45, 2.75) is 19.8 Å². The Morgan fingerprint density at radius 1 is 1.19 bits per heavy atom. The zero-order chi connectivity index (χ0) is 19.1. The van der Waals surface area contributed by atoms with Crippen LogP contribution in [-0.4, -0.2) is 30.0 Å². The molecule has 0 radical (unpaired) electrons. The molecule has 0 saturated heterocycles. The summed E-state index contributed by atoms with van der Waals surface area (Å²) in [6, 6.07) is 1.22. The number of halogens is 2. The number of rotatable bonds is 3. The predicted molar refractivity (Wildman–Crippen MR) is 105 cm³/mol. The van der Waals surface area contributed by atoms with E-state index in [1.54, 1.807) is 46.0 Å². The number of carbonyl (C=O) groups is 1. The molecule has 4 heterocycles. The zero-order valence-corrected chi connectivity index (χ0v) is 16.0. The number of anilines is 2. The molecule has 0 bridgehead atoms. The summed E-state index contributed by atoms with van der Waals surface area (Å²) in [4.78, 5) is 20.9. The van der Waals surface area contributed by atoms with E-state index in [9.17, 15) is 4.79 Å². The highest BCUT2D eigenvalue weighted by Crippen LogP contribution is 2.28. The first-order valence-corrected chi connectivity index (χ1v) is 8.92. The lowest BCUT2D eigenvalue weighted by Gasteiger charge is -2.15. The van der Waals surface area contributed by atoms with Crippen LogP contribution in [0, 0.1) is 0 Å². The molecule has 8 nitrogen and oxygen atoms in total. The third kappa shape index (κ3) is 3.29. The number of amides is 2. The van der Waals surface area contributed by atoms with Gasteiger partial charge in [0.1, 0.15) is 5.15 Å². The number of carbonyl (C=O) groups excluding carboxylic acids is 1. The normalized spacial score (nSPS) is 11.4. The monoisotopic (exact) mass is 403 g/mol. The van der Waals surface area contributed by atoms with Crippen molar-refractivity contribution in [2.24, 2.45) is 0 Å². The number of hydrogen-bond donors (Lipinski definition) is 2. The molecule has 4 rings (SSSR count). The molecule has 4 aromatic heterocycles. The highest BCUT2D eigenvalue weighted by atomic mass is 35.5. The molecule has 0 unspecified atom stereocenters. The molecule has 0 saturated carbocycles. The molecule has 138 valence electrons. The van der Waals surface area contributed by atoms with Gasteiger partial charge in [-0.15, -0.1) is 0 Å². The molecule has 0 aliphatic heterocycles. The van der Waals surface area contributed by atoms with Crippen LogP contribution in [0.25, 0.3) is 11.3 Å². The molecule has 2 amide bonds. The van der Waals surface area contributed by atoms with Crippen molar-refractivity contribution in [3.8, 4) is 0 Å². The lowest BCUT2D eigenvalue weighted by molar-refractivity contribution is 0.262. The van der Waals surface area contributed by atoms with E-state index in [4.69, 9.17) is 23.2 Å². The van der Waals surface area contributed by atoms with Crippen LogP contribution in [0.1, 0.15) is 25.3 Å². The van der Waals surface area contributed by atoms with Crippen molar-refractivity contribution in [2.75, 3.05) is 10.6 Å². The van der Waals surface area contributed by atoms with Gasteiger partial charge in [-0.3, -0.25) is 0 Å². The molecule has 0 atom stereocenters. The average Bonchev–Trinajstić information content (AvgIpc) is 3.19. The maximum absolute atomic E-state index is 12.5. The summed E-state index contributed by atoms with van der Waals surface area (Å²) in [6.45, 7) is 4.02. The lowest BCUT2D eigenvalue weighted by Crippen LogP contribution is -2.21. The molecule has 4 aromatic rings. The van der Waals surface area contributed by atoms with Gasteiger partial charge >= 0.3 is 6.03 Å². The number of nitrogens with zero attached hydrogens (tertiary/aromatic N) is 5. The summed E-state index contributed by atoms with van der Waals surface area (Å²) in [5, 5.41) is 10.6. The largest absolute Gasteiger partial charge is 0.323 e. The smallest absolute Gasteiger partial charge is 0.306 e. The van der Waals surface area contributed by atoms with Gasteiger partial charge in [-0.25, -0.2) is 19.3 Å². The van der Waals surface area contributed by atoms with Gasteiger partial charge in [0.2, 0.25) is 0 Å². The van der Waals surface area contributed by atoms with E-state index < -0.39 is 6.03 Å². The van der Waals surface area contributed by atoms with Crippen molar-refractivity contribution < 1.29 is 4.79 Å². The third-order valence-electron chi connectivity index (χ3n) is 4.03. The lowest BCUT2D eigenvalue weighted by atomic mass is 10.0. The van der Waals surface area contributed by atoms with Crippen LogP contribution in [0.15, 0.2) is 37.1 Å². The van der Waals surface area contributed by atoms with E-state index in [1.165, 1.54) is 0 Å². The van der Waals surface area contributed by atoms with Gasteiger partial charge < -0.3 is 15.0 Å². The Hall–Kier alpha value is -2.84. The van der Waals surface area contributed by atoms with E-state index in [0.717, 1.165) is 5.56 Å². The fraction of sp³-hybridized carbons (Fsp3) is 0.176. The first-order chi connectivity index (χ1) is 12.9. The number of nitrogens with one attached hydrogen (secondary N) is 2. The van der Waals surface area contributed by atoms with Gasteiger partial charge in [-0.2, -0.15) is 5.10 Å². The van der Waals surface area contributed by atoms with E-state index in [0.29, 0.717) is 32.8 Å². The van der Waals surface area contributed by atoms with E-state index in [1.807, 2.05) is 13.8 Å². The summed E-state index contributed by atoms with van der Waals surface area (Å²) >= 11 is 12.2. The molecule has 0 fully saturated rings. The van der Waals surface area contributed by atoms with Gasteiger partial charge in [0, 0.05) is 24.2 Å². The Labute approximate surface area is 164 Å². The first kappa shape index (κ1) is 17.6. The van der Waals surface area contributed by atoms with Gasteiger partial charge in [0.05, 0.1) is 28.8 Å². The summed E-state index contributed by atoms with van der Waals surface area (Å²) in [6.07, 6.45) is 8.31. The van der Waals surface area contributed by atoms with Gasteiger partial charge in [0.15, 0.2) is 11.3 Å².